The number of nitrogens with one attached hydrogen (secondary N) is 1. The number of nitrogens with zero attached hydrogens (tertiary/aromatic N) is 1. The number of anilines is 1. The van der Waals surface area contributed by atoms with E-state index in [0.717, 1.165) is 25.7 Å². The summed E-state index contributed by atoms with van der Waals surface area (Å²) in [5, 5.41) is 2.97. The fraction of sp³-hybridized carbons (Fsp3) is 0.348. The minimum atomic E-state index is -0.261. The van der Waals surface area contributed by atoms with Gasteiger partial charge in [0.05, 0.1) is 18.2 Å². The molecule has 1 aliphatic carbocycles. The Morgan fingerprint density at radius 1 is 1.03 bits per heavy atom. The van der Waals surface area contributed by atoms with Crippen LogP contribution in [0.25, 0.3) is 0 Å². The minimum Gasteiger partial charge on any atom is -0.497 e. The number of carbonyl (C=O) groups excluding carboxylic acids is 3. The molecule has 0 bridgehead atoms. The summed E-state index contributed by atoms with van der Waals surface area (Å²) in [5.41, 5.74) is 1.58. The maximum Gasteiger partial charge on any atom is 0.261 e. The van der Waals surface area contributed by atoms with E-state index in [0.29, 0.717) is 22.6 Å². The van der Waals surface area contributed by atoms with Crippen molar-refractivity contribution in [1.29, 1.82) is 0 Å². The number of hydrogen-bond acceptors (Lipinski definition) is 4. The number of rotatable bonds is 5. The molecule has 6 heteroatoms. The number of ether oxygens (including phenoxy) is 1. The van der Waals surface area contributed by atoms with Crippen LogP contribution in [0.5, 0.6) is 5.75 Å². The Balaban J connectivity index is 1.49. The summed E-state index contributed by atoms with van der Waals surface area (Å²) < 4.78 is 5.21. The number of amides is 3. The molecule has 0 aromatic heterocycles. The average Bonchev–Trinajstić information content (AvgIpc) is 2.99. The van der Waals surface area contributed by atoms with Crippen LogP contribution in [-0.2, 0) is 4.79 Å². The second-order valence-electron chi connectivity index (χ2n) is 7.64. The molecule has 1 N–H and O–H groups in total. The molecule has 2 unspecified atom stereocenters. The van der Waals surface area contributed by atoms with Gasteiger partial charge in [-0.25, -0.2) is 0 Å². The predicted octanol–water partition coefficient (Wildman–Crippen LogP) is 3.74. The van der Waals surface area contributed by atoms with E-state index in [1.165, 1.54) is 4.90 Å². The van der Waals surface area contributed by atoms with Gasteiger partial charge in [0.1, 0.15) is 5.75 Å². The highest BCUT2D eigenvalue weighted by molar-refractivity contribution is 6.21. The lowest BCUT2D eigenvalue weighted by molar-refractivity contribution is -0.122. The first-order valence-corrected chi connectivity index (χ1v) is 9.98. The van der Waals surface area contributed by atoms with Gasteiger partial charge >= 0.3 is 0 Å². The zero-order valence-corrected chi connectivity index (χ0v) is 16.4. The van der Waals surface area contributed by atoms with Gasteiger partial charge in [0.2, 0.25) is 5.91 Å². The lowest BCUT2D eigenvalue weighted by atomic mass is 9.78. The van der Waals surface area contributed by atoms with Gasteiger partial charge in [0.25, 0.3) is 11.8 Å². The molecule has 1 saturated carbocycles. The van der Waals surface area contributed by atoms with E-state index < -0.39 is 0 Å². The van der Waals surface area contributed by atoms with Gasteiger partial charge in [0.15, 0.2) is 0 Å². The van der Waals surface area contributed by atoms with Gasteiger partial charge in [-0.3, -0.25) is 19.3 Å². The zero-order chi connectivity index (χ0) is 20.4. The molecule has 0 spiro atoms. The Morgan fingerprint density at radius 2 is 1.72 bits per heavy atom. The van der Waals surface area contributed by atoms with Crippen molar-refractivity contribution < 1.29 is 19.1 Å². The molecule has 3 amide bonds. The van der Waals surface area contributed by atoms with Crippen LogP contribution in [0.2, 0.25) is 0 Å². The van der Waals surface area contributed by atoms with Gasteiger partial charge in [-0.05, 0) is 43.0 Å². The van der Waals surface area contributed by atoms with E-state index in [-0.39, 0.29) is 36.1 Å². The third-order valence-electron chi connectivity index (χ3n) is 5.88. The first-order chi connectivity index (χ1) is 14.1. The van der Waals surface area contributed by atoms with Crippen molar-refractivity contribution in [3.63, 3.8) is 0 Å². The van der Waals surface area contributed by atoms with Crippen molar-refractivity contribution in [2.75, 3.05) is 19.0 Å². The second kappa shape index (κ2) is 8.07. The topological polar surface area (TPSA) is 75.7 Å². The number of methoxy groups -OCH3 is 1. The van der Waals surface area contributed by atoms with Crippen LogP contribution < -0.4 is 10.1 Å². The smallest absolute Gasteiger partial charge is 0.261 e. The molecule has 29 heavy (non-hydrogen) atoms. The van der Waals surface area contributed by atoms with Crippen LogP contribution in [0.1, 0.15) is 46.4 Å². The highest BCUT2D eigenvalue weighted by atomic mass is 16.5. The Kier molecular flexibility index (Phi) is 5.34. The van der Waals surface area contributed by atoms with Crippen LogP contribution in [0.4, 0.5) is 5.69 Å². The lowest BCUT2D eigenvalue weighted by Gasteiger charge is -2.32. The molecule has 6 nitrogen and oxygen atoms in total. The van der Waals surface area contributed by atoms with Crippen molar-refractivity contribution >= 4 is 23.4 Å². The molecule has 2 aromatic carbocycles. The minimum absolute atomic E-state index is 0.0448. The Labute approximate surface area is 169 Å². The Bertz CT molecular complexity index is 920. The largest absolute Gasteiger partial charge is 0.497 e. The molecule has 1 heterocycles. The third kappa shape index (κ3) is 3.75. The summed E-state index contributed by atoms with van der Waals surface area (Å²) in [6, 6.07) is 14.1. The summed E-state index contributed by atoms with van der Waals surface area (Å²) in [4.78, 5) is 39.7. The number of hydrogen-bond donors (Lipinski definition) is 1. The zero-order valence-electron chi connectivity index (χ0n) is 16.4. The SMILES string of the molecule is COc1cccc(NC(=O)C2CCCCC2CN2C(=O)c3ccccc3C2=O)c1. The van der Waals surface area contributed by atoms with Crippen molar-refractivity contribution in [3.8, 4) is 5.75 Å². The summed E-state index contributed by atoms with van der Waals surface area (Å²) in [5.74, 6) is -0.198. The molecule has 2 aliphatic rings. The molecule has 2 atom stereocenters. The number of carbonyl (C=O) groups is 3. The van der Waals surface area contributed by atoms with Crippen LogP contribution in [0, 0.1) is 11.8 Å². The molecule has 0 saturated heterocycles. The lowest BCUT2D eigenvalue weighted by Crippen LogP contribution is -2.41. The standard InChI is InChI=1S/C23H24N2O4/c1-29-17-9-6-8-16(13-17)24-21(26)18-10-3-2-7-15(18)14-25-22(27)19-11-4-5-12-20(19)23(25)28/h4-6,8-9,11-13,15,18H,2-3,7,10,14H2,1H3,(H,24,26). The number of imide groups is 1. The quantitative estimate of drug-likeness (QED) is 0.787. The fourth-order valence-corrected chi connectivity index (χ4v) is 4.35. The van der Waals surface area contributed by atoms with Crippen LogP contribution in [0.3, 0.4) is 0 Å². The molecule has 2 aromatic rings. The Hall–Kier alpha value is -3.15. The summed E-state index contributed by atoms with van der Waals surface area (Å²) >= 11 is 0. The van der Waals surface area contributed by atoms with Crippen LogP contribution in [-0.4, -0.2) is 36.3 Å². The molecule has 1 fully saturated rings. The maximum atomic E-state index is 13.0. The van der Waals surface area contributed by atoms with Gasteiger partial charge in [-0.1, -0.05) is 31.0 Å². The molecular weight excluding hydrogens is 368 g/mol. The Morgan fingerprint density at radius 3 is 2.41 bits per heavy atom. The van der Waals surface area contributed by atoms with Crippen molar-refractivity contribution in [3.05, 3.63) is 59.7 Å². The highest BCUT2D eigenvalue weighted by Crippen LogP contribution is 2.34. The van der Waals surface area contributed by atoms with E-state index in [1.807, 2.05) is 18.2 Å². The van der Waals surface area contributed by atoms with Gasteiger partial charge in [0, 0.05) is 24.2 Å². The van der Waals surface area contributed by atoms with Gasteiger partial charge in [-0.15, -0.1) is 0 Å². The molecule has 0 radical (unpaired) electrons. The summed E-state index contributed by atoms with van der Waals surface area (Å²) in [7, 11) is 1.58. The van der Waals surface area contributed by atoms with E-state index in [2.05, 4.69) is 5.32 Å². The average molecular weight is 392 g/mol. The van der Waals surface area contributed by atoms with E-state index in [4.69, 9.17) is 4.74 Å². The van der Waals surface area contributed by atoms with Crippen LogP contribution in [0.15, 0.2) is 48.5 Å². The van der Waals surface area contributed by atoms with E-state index in [1.54, 1.807) is 37.4 Å². The summed E-state index contributed by atoms with van der Waals surface area (Å²) in [6.45, 7) is 0.280. The van der Waals surface area contributed by atoms with Crippen molar-refractivity contribution in [2.24, 2.45) is 11.8 Å². The van der Waals surface area contributed by atoms with Crippen LogP contribution >= 0.6 is 0 Å². The highest BCUT2D eigenvalue weighted by Gasteiger charge is 2.40. The maximum absolute atomic E-state index is 13.0. The van der Waals surface area contributed by atoms with Gasteiger partial charge in [-0.2, -0.15) is 0 Å². The van der Waals surface area contributed by atoms with Gasteiger partial charge < -0.3 is 10.1 Å². The van der Waals surface area contributed by atoms with E-state index in [9.17, 15) is 14.4 Å². The molecule has 150 valence electrons. The number of benzene rings is 2. The monoisotopic (exact) mass is 392 g/mol. The number of fused-ring (bicyclic) bond motifs is 1. The second-order valence-corrected chi connectivity index (χ2v) is 7.64. The van der Waals surface area contributed by atoms with Crippen molar-refractivity contribution in [1.82, 2.24) is 4.90 Å². The molecule has 4 rings (SSSR count). The first-order valence-electron chi connectivity index (χ1n) is 9.98. The molecular formula is C23H24N2O4. The normalized spacial score (nSPS) is 21.1. The third-order valence-corrected chi connectivity index (χ3v) is 5.88. The first kappa shape index (κ1) is 19.2. The summed E-state index contributed by atoms with van der Waals surface area (Å²) in [6.07, 6.45) is 3.54. The van der Waals surface area contributed by atoms with E-state index >= 15 is 0 Å². The predicted molar refractivity (Wildman–Crippen MR) is 109 cm³/mol. The molecule has 1 aliphatic heterocycles. The van der Waals surface area contributed by atoms with Crippen molar-refractivity contribution in [2.45, 2.75) is 25.7 Å². The fourth-order valence-electron chi connectivity index (χ4n) is 4.35.